The van der Waals surface area contributed by atoms with Crippen LogP contribution in [0.1, 0.15) is 32.6 Å². The minimum Gasteiger partial charge on any atom is -0.466 e. The van der Waals surface area contributed by atoms with Gasteiger partial charge in [0.15, 0.2) is 0 Å². The molecule has 14 heavy (non-hydrogen) atoms. The quantitative estimate of drug-likeness (QED) is 0.540. The van der Waals surface area contributed by atoms with Crippen molar-refractivity contribution < 1.29 is 14.6 Å². The van der Waals surface area contributed by atoms with Gasteiger partial charge < -0.3 is 9.84 Å². The van der Waals surface area contributed by atoms with Crippen LogP contribution in [-0.4, -0.2) is 23.8 Å². The fourth-order valence-electron chi connectivity index (χ4n) is 1.75. The maximum atomic E-state index is 11.0. The van der Waals surface area contributed by atoms with Crippen molar-refractivity contribution in [3.8, 4) is 0 Å². The fraction of sp³-hybridized carbons (Fsp3) is 0.727. The standard InChI is InChI=1S/C11H18O3/c1-2-14-11(13)8-10(12)7-9-5-3-4-6-9/h3-4,9-10,12H,2,5-8H2,1H3. The first kappa shape index (κ1) is 11.2. The third-order valence-electron chi connectivity index (χ3n) is 2.42. The largest absolute Gasteiger partial charge is 0.466 e. The summed E-state index contributed by atoms with van der Waals surface area (Å²) in [6.07, 6.45) is 6.60. The Hall–Kier alpha value is -0.830. The van der Waals surface area contributed by atoms with Crippen LogP contribution < -0.4 is 0 Å². The molecule has 3 heteroatoms. The second-order valence-corrected chi connectivity index (χ2v) is 3.71. The Bertz CT molecular complexity index is 203. The van der Waals surface area contributed by atoms with E-state index in [1.807, 2.05) is 0 Å². The normalized spacial score (nSPS) is 18.4. The number of carbonyl (C=O) groups is 1. The summed E-state index contributed by atoms with van der Waals surface area (Å²) in [6, 6.07) is 0. The first-order valence-electron chi connectivity index (χ1n) is 5.21. The van der Waals surface area contributed by atoms with Gasteiger partial charge in [-0.25, -0.2) is 0 Å². The van der Waals surface area contributed by atoms with E-state index in [2.05, 4.69) is 12.2 Å². The molecule has 0 aliphatic heterocycles. The highest BCUT2D eigenvalue weighted by molar-refractivity contribution is 5.69. The maximum Gasteiger partial charge on any atom is 0.308 e. The summed E-state index contributed by atoms with van der Waals surface area (Å²) in [5.74, 6) is 0.213. The van der Waals surface area contributed by atoms with E-state index in [-0.39, 0.29) is 12.4 Å². The van der Waals surface area contributed by atoms with Crippen LogP contribution in [0.3, 0.4) is 0 Å². The molecule has 3 nitrogen and oxygen atoms in total. The van der Waals surface area contributed by atoms with Gasteiger partial charge in [0, 0.05) is 0 Å². The Morgan fingerprint density at radius 3 is 2.79 bits per heavy atom. The molecule has 1 aliphatic rings. The number of allylic oxidation sites excluding steroid dienone is 2. The topological polar surface area (TPSA) is 46.5 Å². The van der Waals surface area contributed by atoms with Gasteiger partial charge in [-0.2, -0.15) is 0 Å². The van der Waals surface area contributed by atoms with E-state index in [0.717, 1.165) is 12.8 Å². The van der Waals surface area contributed by atoms with E-state index in [1.165, 1.54) is 0 Å². The molecular formula is C11H18O3. The molecule has 0 radical (unpaired) electrons. The van der Waals surface area contributed by atoms with Crippen molar-refractivity contribution in [3.05, 3.63) is 12.2 Å². The van der Waals surface area contributed by atoms with Crippen LogP contribution in [0.4, 0.5) is 0 Å². The highest BCUT2D eigenvalue weighted by Crippen LogP contribution is 2.23. The SMILES string of the molecule is CCOC(=O)CC(O)CC1CC=CC1. The molecule has 0 aromatic rings. The lowest BCUT2D eigenvalue weighted by Crippen LogP contribution is -2.18. The number of aliphatic hydroxyl groups is 1. The lowest BCUT2D eigenvalue weighted by molar-refractivity contribution is -0.145. The average molecular weight is 198 g/mol. The summed E-state index contributed by atoms with van der Waals surface area (Å²) in [5, 5.41) is 9.58. The Morgan fingerprint density at radius 2 is 2.21 bits per heavy atom. The first-order chi connectivity index (χ1) is 6.72. The molecule has 0 aromatic heterocycles. The molecule has 1 atom stereocenters. The highest BCUT2D eigenvalue weighted by Gasteiger charge is 2.18. The highest BCUT2D eigenvalue weighted by atomic mass is 16.5. The Labute approximate surface area is 84.8 Å². The Balaban J connectivity index is 2.14. The fourth-order valence-corrected chi connectivity index (χ4v) is 1.75. The van der Waals surface area contributed by atoms with Gasteiger partial charge in [-0.3, -0.25) is 4.79 Å². The summed E-state index contributed by atoms with van der Waals surface area (Å²) in [5.41, 5.74) is 0. The van der Waals surface area contributed by atoms with E-state index in [4.69, 9.17) is 4.74 Å². The van der Waals surface area contributed by atoms with E-state index in [9.17, 15) is 9.90 Å². The molecule has 1 unspecified atom stereocenters. The average Bonchev–Trinajstić information content (AvgIpc) is 2.56. The maximum absolute atomic E-state index is 11.0. The Morgan fingerprint density at radius 1 is 1.57 bits per heavy atom. The molecule has 1 rings (SSSR count). The van der Waals surface area contributed by atoms with Crippen LogP contribution in [0, 0.1) is 5.92 Å². The summed E-state index contributed by atoms with van der Waals surface area (Å²) in [6.45, 7) is 2.15. The predicted molar refractivity (Wildman–Crippen MR) is 53.7 cm³/mol. The van der Waals surface area contributed by atoms with Crippen molar-refractivity contribution in [2.24, 2.45) is 5.92 Å². The molecule has 1 aliphatic carbocycles. The van der Waals surface area contributed by atoms with E-state index in [1.54, 1.807) is 6.92 Å². The van der Waals surface area contributed by atoms with Gasteiger partial charge in [-0.1, -0.05) is 12.2 Å². The second-order valence-electron chi connectivity index (χ2n) is 3.71. The van der Waals surface area contributed by atoms with Crippen molar-refractivity contribution in [3.63, 3.8) is 0 Å². The lowest BCUT2D eigenvalue weighted by Gasteiger charge is -2.14. The molecule has 0 bridgehead atoms. The van der Waals surface area contributed by atoms with Gasteiger partial charge in [-0.15, -0.1) is 0 Å². The van der Waals surface area contributed by atoms with Crippen LogP contribution >= 0.6 is 0 Å². The van der Waals surface area contributed by atoms with Gasteiger partial charge in [0.25, 0.3) is 0 Å². The summed E-state index contributed by atoms with van der Waals surface area (Å²) < 4.78 is 4.76. The van der Waals surface area contributed by atoms with Gasteiger partial charge in [0.1, 0.15) is 0 Å². The number of aliphatic hydroxyl groups excluding tert-OH is 1. The van der Waals surface area contributed by atoms with Gasteiger partial charge in [0.05, 0.1) is 19.1 Å². The van der Waals surface area contributed by atoms with Crippen molar-refractivity contribution in [2.45, 2.75) is 38.7 Å². The molecular weight excluding hydrogens is 180 g/mol. The molecule has 0 aromatic carbocycles. The van der Waals surface area contributed by atoms with Crippen molar-refractivity contribution in [2.75, 3.05) is 6.61 Å². The van der Waals surface area contributed by atoms with E-state index >= 15 is 0 Å². The summed E-state index contributed by atoms with van der Waals surface area (Å²) >= 11 is 0. The minimum atomic E-state index is -0.543. The number of ether oxygens (including phenoxy) is 1. The van der Waals surface area contributed by atoms with Gasteiger partial charge in [-0.05, 0) is 32.1 Å². The van der Waals surface area contributed by atoms with E-state index < -0.39 is 6.10 Å². The minimum absolute atomic E-state index is 0.129. The Kier molecular flexibility index (Phi) is 4.66. The van der Waals surface area contributed by atoms with Crippen molar-refractivity contribution in [1.29, 1.82) is 0 Å². The molecule has 80 valence electrons. The third kappa shape index (κ3) is 3.92. The summed E-state index contributed by atoms with van der Waals surface area (Å²) in [4.78, 5) is 11.0. The zero-order chi connectivity index (χ0) is 10.4. The zero-order valence-corrected chi connectivity index (χ0v) is 8.61. The molecule has 0 heterocycles. The van der Waals surface area contributed by atoms with Crippen LogP contribution in [0.15, 0.2) is 12.2 Å². The van der Waals surface area contributed by atoms with Crippen molar-refractivity contribution >= 4 is 5.97 Å². The number of hydrogen-bond acceptors (Lipinski definition) is 3. The van der Waals surface area contributed by atoms with Crippen molar-refractivity contribution in [1.82, 2.24) is 0 Å². The smallest absolute Gasteiger partial charge is 0.308 e. The third-order valence-corrected chi connectivity index (χ3v) is 2.42. The number of hydrogen-bond donors (Lipinski definition) is 1. The predicted octanol–water partition coefficient (Wildman–Crippen LogP) is 1.66. The zero-order valence-electron chi connectivity index (χ0n) is 8.61. The van der Waals surface area contributed by atoms with Crippen LogP contribution in [0.2, 0.25) is 0 Å². The second kappa shape index (κ2) is 5.81. The molecule has 0 fully saturated rings. The van der Waals surface area contributed by atoms with Crippen LogP contribution in [0.25, 0.3) is 0 Å². The molecule has 0 amide bonds. The van der Waals surface area contributed by atoms with E-state index in [0.29, 0.717) is 18.9 Å². The number of esters is 1. The molecule has 0 saturated carbocycles. The number of carbonyl (C=O) groups excluding carboxylic acids is 1. The lowest BCUT2D eigenvalue weighted by atomic mass is 9.98. The van der Waals surface area contributed by atoms with Gasteiger partial charge >= 0.3 is 5.97 Å². The van der Waals surface area contributed by atoms with Gasteiger partial charge in [0.2, 0.25) is 0 Å². The molecule has 0 saturated heterocycles. The molecule has 1 N–H and O–H groups in total. The number of rotatable bonds is 5. The summed E-state index contributed by atoms with van der Waals surface area (Å²) in [7, 11) is 0. The molecule has 0 spiro atoms. The van der Waals surface area contributed by atoms with Crippen LogP contribution in [-0.2, 0) is 9.53 Å². The monoisotopic (exact) mass is 198 g/mol. The first-order valence-corrected chi connectivity index (χ1v) is 5.21. The van der Waals surface area contributed by atoms with Crippen LogP contribution in [0.5, 0.6) is 0 Å².